The Balaban J connectivity index is 1.50. The van der Waals surface area contributed by atoms with E-state index >= 15 is 0 Å². The maximum absolute atomic E-state index is 12.4. The van der Waals surface area contributed by atoms with Crippen LogP contribution < -0.4 is 16.0 Å². The van der Waals surface area contributed by atoms with Crippen LogP contribution in [0.4, 0.5) is 9.93 Å². The van der Waals surface area contributed by atoms with E-state index in [0.29, 0.717) is 23.4 Å². The van der Waals surface area contributed by atoms with E-state index in [1.165, 1.54) is 12.8 Å². The van der Waals surface area contributed by atoms with Gasteiger partial charge in [0.2, 0.25) is 11.0 Å². The van der Waals surface area contributed by atoms with Crippen LogP contribution >= 0.6 is 22.9 Å². The van der Waals surface area contributed by atoms with Gasteiger partial charge in [-0.25, -0.2) is 4.79 Å². The molecule has 0 saturated heterocycles. The third-order valence-corrected chi connectivity index (χ3v) is 5.76. The summed E-state index contributed by atoms with van der Waals surface area (Å²) < 4.78 is 4.23. The van der Waals surface area contributed by atoms with Crippen LogP contribution in [-0.4, -0.2) is 33.4 Å². The summed E-state index contributed by atoms with van der Waals surface area (Å²) in [5, 5.41) is 12.6. The molecular weight excluding hydrogens is 370 g/mol. The molecule has 3 amide bonds. The van der Waals surface area contributed by atoms with Crippen molar-refractivity contribution >= 4 is 39.9 Å². The molecule has 3 rings (SSSR count). The second kappa shape index (κ2) is 8.13. The molecule has 0 spiro atoms. The lowest BCUT2D eigenvalue weighted by Gasteiger charge is -2.25. The molecule has 0 aliphatic heterocycles. The molecule has 1 aliphatic carbocycles. The first-order valence-electron chi connectivity index (χ1n) is 8.68. The third kappa shape index (κ3) is 4.79. The van der Waals surface area contributed by atoms with E-state index in [1.54, 1.807) is 25.2 Å². The predicted octanol–water partition coefficient (Wildman–Crippen LogP) is 3.47. The lowest BCUT2D eigenvalue weighted by molar-refractivity contribution is -0.126. The van der Waals surface area contributed by atoms with Gasteiger partial charge in [-0.3, -0.25) is 10.1 Å². The van der Waals surface area contributed by atoms with Crippen LogP contribution in [0.25, 0.3) is 11.4 Å². The lowest BCUT2D eigenvalue weighted by atomic mass is 10.0. The van der Waals surface area contributed by atoms with Crippen molar-refractivity contribution < 1.29 is 9.59 Å². The summed E-state index contributed by atoms with van der Waals surface area (Å²) in [4.78, 5) is 28.9. The van der Waals surface area contributed by atoms with E-state index in [9.17, 15) is 9.59 Å². The fourth-order valence-electron chi connectivity index (χ4n) is 2.92. The number of carbonyl (C=O) groups excluding carboxylic acids is 2. The Morgan fingerprint density at radius 2 is 2.08 bits per heavy atom. The summed E-state index contributed by atoms with van der Waals surface area (Å²) in [6.07, 6.45) is 4.80. The Labute approximate surface area is 160 Å². The molecule has 7 nitrogen and oxygen atoms in total. The maximum atomic E-state index is 12.4. The van der Waals surface area contributed by atoms with Crippen molar-refractivity contribution in [3.63, 3.8) is 0 Å². The Hall–Kier alpha value is -2.00. The first-order valence-corrected chi connectivity index (χ1v) is 10.4. The third-order valence-electron chi connectivity index (χ3n) is 4.45. The van der Waals surface area contributed by atoms with Crippen LogP contribution in [0.5, 0.6) is 0 Å². The number of thiophene rings is 1. The van der Waals surface area contributed by atoms with Crippen molar-refractivity contribution in [1.82, 2.24) is 20.0 Å². The molecular formula is C17H23N5O2S2. The van der Waals surface area contributed by atoms with Gasteiger partial charge in [0.1, 0.15) is 5.54 Å². The minimum absolute atomic E-state index is 0.184. The fraction of sp³-hybridized carbons (Fsp3) is 0.529. The smallest absolute Gasteiger partial charge is 0.321 e. The average Bonchev–Trinajstić information content (AvgIpc) is 3.33. The van der Waals surface area contributed by atoms with Crippen LogP contribution in [0.2, 0.25) is 0 Å². The van der Waals surface area contributed by atoms with E-state index in [-0.39, 0.29) is 5.91 Å². The van der Waals surface area contributed by atoms with E-state index in [2.05, 4.69) is 25.3 Å². The SMILES string of the molecule is CC(C)(NC(=O)Nc1nc(-c2ccsc2)ns1)C(=O)NCC1CCCC1. The van der Waals surface area contributed by atoms with Crippen LogP contribution in [0.15, 0.2) is 16.8 Å². The minimum atomic E-state index is -1.01. The van der Waals surface area contributed by atoms with E-state index in [4.69, 9.17) is 0 Å². The van der Waals surface area contributed by atoms with Crippen molar-refractivity contribution in [3.8, 4) is 11.4 Å². The number of hydrogen-bond acceptors (Lipinski definition) is 6. The molecule has 0 radical (unpaired) electrons. The summed E-state index contributed by atoms with van der Waals surface area (Å²) >= 11 is 2.67. The molecule has 1 aliphatic rings. The van der Waals surface area contributed by atoms with Crippen molar-refractivity contribution in [1.29, 1.82) is 0 Å². The topological polar surface area (TPSA) is 96.0 Å². The summed E-state index contributed by atoms with van der Waals surface area (Å²) in [7, 11) is 0. The number of amides is 3. The van der Waals surface area contributed by atoms with Gasteiger partial charge in [-0.2, -0.15) is 20.7 Å². The molecule has 1 fully saturated rings. The number of anilines is 1. The molecule has 1 saturated carbocycles. The normalized spacial score (nSPS) is 15.0. The predicted molar refractivity (Wildman–Crippen MR) is 104 cm³/mol. The van der Waals surface area contributed by atoms with Crippen LogP contribution in [-0.2, 0) is 4.79 Å². The first-order chi connectivity index (χ1) is 12.4. The van der Waals surface area contributed by atoms with Crippen LogP contribution in [0.1, 0.15) is 39.5 Å². The van der Waals surface area contributed by atoms with E-state index in [1.807, 2.05) is 16.8 Å². The van der Waals surface area contributed by atoms with E-state index in [0.717, 1.165) is 29.9 Å². The minimum Gasteiger partial charge on any atom is -0.354 e. The van der Waals surface area contributed by atoms with E-state index < -0.39 is 11.6 Å². The monoisotopic (exact) mass is 393 g/mol. The molecule has 9 heteroatoms. The zero-order valence-electron chi connectivity index (χ0n) is 14.9. The summed E-state index contributed by atoms with van der Waals surface area (Å²) in [5.74, 6) is 0.955. The number of rotatable bonds is 6. The molecule has 0 bridgehead atoms. The Morgan fingerprint density at radius 3 is 2.77 bits per heavy atom. The van der Waals surface area contributed by atoms with Gasteiger partial charge in [0.15, 0.2) is 5.82 Å². The number of nitrogens with one attached hydrogen (secondary N) is 3. The number of aromatic nitrogens is 2. The summed E-state index contributed by atoms with van der Waals surface area (Å²) in [6.45, 7) is 4.05. The zero-order valence-corrected chi connectivity index (χ0v) is 16.5. The largest absolute Gasteiger partial charge is 0.354 e. The quantitative estimate of drug-likeness (QED) is 0.700. The highest BCUT2D eigenvalue weighted by Gasteiger charge is 2.30. The summed E-state index contributed by atoms with van der Waals surface area (Å²) in [5.41, 5.74) is -0.0878. The zero-order chi connectivity index (χ0) is 18.6. The molecule has 140 valence electrons. The molecule has 0 aromatic carbocycles. The number of hydrogen-bond donors (Lipinski definition) is 3. The van der Waals surface area contributed by atoms with Gasteiger partial charge in [0.25, 0.3) is 0 Å². The fourth-order valence-corrected chi connectivity index (χ4v) is 4.14. The van der Waals surface area contributed by atoms with Gasteiger partial charge < -0.3 is 10.6 Å². The molecule has 0 unspecified atom stereocenters. The second-order valence-corrected chi connectivity index (χ2v) is 8.53. The van der Waals surface area contributed by atoms with Gasteiger partial charge >= 0.3 is 6.03 Å². The lowest BCUT2D eigenvalue weighted by Crippen LogP contribution is -2.56. The Bertz CT molecular complexity index is 751. The standard InChI is InChI=1S/C17H23N5O2S2/c1-17(2,14(23)18-9-11-5-3-4-6-11)21-15(24)20-16-19-13(22-26-16)12-7-8-25-10-12/h7-8,10-11H,3-6,9H2,1-2H3,(H,18,23)(H2,19,20,21,22,24). The highest BCUT2D eigenvalue weighted by molar-refractivity contribution is 7.10. The van der Waals surface area contributed by atoms with Gasteiger partial charge in [-0.05, 0) is 44.1 Å². The van der Waals surface area contributed by atoms with Gasteiger partial charge in [-0.15, -0.1) is 0 Å². The number of carbonyl (C=O) groups is 2. The van der Waals surface area contributed by atoms with Gasteiger partial charge in [-0.1, -0.05) is 12.8 Å². The average molecular weight is 394 g/mol. The van der Waals surface area contributed by atoms with Crippen molar-refractivity contribution in [2.24, 2.45) is 5.92 Å². The van der Waals surface area contributed by atoms with Crippen molar-refractivity contribution in [2.75, 3.05) is 11.9 Å². The maximum Gasteiger partial charge on any atom is 0.321 e. The Morgan fingerprint density at radius 1 is 1.31 bits per heavy atom. The molecule has 2 aromatic heterocycles. The second-order valence-electron chi connectivity index (χ2n) is 7.00. The van der Waals surface area contributed by atoms with Crippen molar-refractivity contribution in [2.45, 2.75) is 45.1 Å². The number of urea groups is 1. The molecule has 2 heterocycles. The summed E-state index contributed by atoms with van der Waals surface area (Å²) in [6, 6.07) is 1.45. The first kappa shape index (κ1) is 18.8. The van der Waals surface area contributed by atoms with Gasteiger partial charge in [0.05, 0.1) is 0 Å². The molecule has 26 heavy (non-hydrogen) atoms. The highest BCUT2D eigenvalue weighted by Crippen LogP contribution is 2.24. The van der Waals surface area contributed by atoms with Crippen molar-refractivity contribution in [3.05, 3.63) is 16.8 Å². The van der Waals surface area contributed by atoms with Crippen LogP contribution in [0, 0.1) is 5.92 Å². The highest BCUT2D eigenvalue weighted by atomic mass is 32.1. The molecule has 0 atom stereocenters. The Kier molecular flexibility index (Phi) is 5.87. The van der Waals surface area contributed by atoms with Crippen LogP contribution in [0.3, 0.4) is 0 Å². The molecule has 2 aromatic rings. The molecule has 3 N–H and O–H groups in total. The number of nitrogens with zero attached hydrogens (tertiary/aromatic N) is 2. The van der Waals surface area contributed by atoms with Gasteiger partial charge in [0, 0.05) is 29.0 Å².